The lowest BCUT2D eigenvalue weighted by atomic mass is 10.0. The quantitative estimate of drug-likeness (QED) is 0.468. The zero-order valence-electron chi connectivity index (χ0n) is 20.1. The van der Waals surface area contributed by atoms with Crippen molar-refractivity contribution < 1.29 is 14.1 Å². The highest BCUT2D eigenvalue weighted by Crippen LogP contribution is 2.22. The van der Waals surface area contributed by atoms with Crippen LogP contribution in [0.2, 0.25) is 0 Å². The number of methoxy groups -OCH3 is 1. The Morgan fingerprint density at radius 2 is 1.94 bits per heavy atom. The Labute approximate surface area is 201 Å². The predicted octanol–water partition coefficient (Wildman–Crippen LogP) is 4.76. The van der Waals surface area contributed by atoms with Gasteiger partial charge in [0.1, 0.15) is 5.75 Å². The van der Waals surface area contributed by atoms with Crippen molar-refractivity contribution in [3.05, 3.63) is 65.5 Å². The van der Waals surface area contributed by atoms with Gasteiger partial charge in [-0.2, -0.15) is 4.98 Å². The van der Waals surface area contributed by atoms with E-state index < -0.39 is 0 Å². The highest BCUT2D eigenvalue weighted by atomic mass is 16.5. The van der Waals surface area contributed by atoms with E-state index in [0.717, 1.165) is 24.4 Å². The van der Waals surface area contributed by atoms with Gasteiger partial charge in [0.05, 0.1) is 7.11 Å². The van der Waals surface area contributed by atoms with E-state index >= 15 is 0 Å². The number of hydrogen-bond acceptors (Lipinski definition) is 6. The van der Waals surface area contributed by atoms with Gasteiger partial charge in [0.15, 0.2) is 0 Å². The maximum absolute atomic E-state index is 12.4. The van der Waals surface area contributed by atoms with Crippen LogP contribution >= 0.6 is 0 Å². The van der Waals surface area contributed by atoms with Crippen molar-refractivity contribution in [1.82, 2.24) is 20.4 Å². The third kappa shape index (κ3) is 6.44. The number of likely N-dealkylation sites (tertiary alicyclic amines) is 1. The minimum atomic E-state index is 0.0380. The lowest BCUT2D eigenvalue weighted by Gasteiger charge is -2.33. The molecule has 4 rings (SSSR count). The summed E-state index contributed by atoms with van der Waals surface area (Å²) in [6.45, 7) is 4.96. The minimum Gasteiger partial charge on any atom is -0.497 e. The van der Waals surface area contributed by atoms with Crippen LogP contribution in [0.3, 0.4) is 0 Å². The van der Waals surface area contributed by atoms with Gasteiger partial charge < -0.3 is 14.6 Å². The van der Waals surface area contributed by atoms with Crippen molar-refractivity contribution in [1.29, 1.82) is 0 Å². The first-order chi connectivity index (χ1) is 16.6. The zero-order chi connectivity index (χ0) is 23.8. The summed E-state index contributed by atoms with van der Waals surface area (Å²) in [4.78, 5) is 19.4. The summed E-state index contributed by atoms with van der Waals surface area (Å²) in [7, 11) is 1.63. The van der Waals surface area contributed by atoms with Gasteiger partial charge in [-0.25, -0.2) is 0 Å². The fourth-order valence-electron chi connectivity index (χ4n) is 4.39. The molecule has 2 heterocycles. The molecule has 1 N–H and O–H groups in total. The number of nitrogens with zero attached hydrogens (tertiary/aromatic N) is 3. The molecule has 1 saturated heterocycles. The van der Waals surface area contributed by atoms with Crippen LogP contribution in [0, 0.1) is 0 Å². The molecular formula is C27H34N4O3. The average molecular weight is 463 g/mol. The summed E-state index contributed by atoms with van der Waals surface area (Å²) >= 11 is 0. The molecule has 0 bridgehead atoms. The number of aryl methyl sites for hydroxylation is 1. The number of hydrogen-bond donors (Lipinski definition) is 1. The first-order valence-electron chi connectivity index (χ1n) is 12.2. The largest absolute Gasteiger partial charge is 0.497 e. The second-order valence-electron chi connectivity index (χ2n) is 8.95. The molecule has 0 aliphatic carbocycles. The fraction of sp³-hybridized carbons (Fsp3) is 0.444. The van der Waals surface area contributed by atoms with Crippen LogP contribution in [0.15, 0.2) is 53.1 Å². The zero-order valence-corrected chi connectivity index (χ0v) is 20.1. The molecule has 1 amide bonds. The van der Waals surface area contributed by atoms with Crippen LogP contribution in [0.25, 0.3) is 11.4 Å². The van der Waals surface area contributed by atoms with E-state index in [1.54, 1.807) is 7.11 Å². The molecule has 7 heteroatoms. The van der Waals surface area contributed by atoms with Gasteiger partial charge in [-0.1, -0.05) is 35.8 Å². The molecule has 3 aromatic rings. The van der Waals surface area contributed by atoms with E-state index in [2.05, 4.69) is 45.5 Å². The summed E-state index contributed by atoms with van der Waals surface area (Å²) in [5, 5.41) is 7.13. The Morgan fingerprint density at radius 1 is 1.15 bits per heavy atom. The Morgan fingerprint density at radius 3 is 2.71 bits per heavy atom. The van der Waals surface area contributed by atoms with Crippen LogP contribution in [0.4, 0.5) is 0 Å². The van der Waals surface area contributed by atoms with Gasteiger partial charge in [-0.3, -0.25) is 9.69 Å². The first-order valence-corrected chi connectivity index (χ1v) is 12.2. The molecule has 1 aliphatic heterocycles. The molecule has 0 spiro atoms. The first kappa shape index (κ1) is 24.0. The number of ether oxygens (including phenoxy) is 1. The van der Waals surface area contributed by atoms with Gasteiger partial charge in [-0.05, 0) is 68.1 Å². The lowest BCUT2D eigenvalue weighted by Crippen LogP contribution is -2.37. The smallest absolute Gasteiger partial charge is 0.226 e. The maximum Gasteiger partial charge on any atom is 0.226 e. The van der Waals surface area contributed by atoms with E-state index in [9.17, 15) is 4.79 Å². The Kier molecular flexibility index (Phi) is 8.31. The summed E-state index contributed by atoms with van der Waals surface area (Å²) in [5.41, 5.74) is 3.36. The molecule has 34 heavy (non-hydrogen) atoms. The maximum atomic E-state index is 12.4. The number of carbonyl (C=O) groups excluding carboxylic acids is 1. The highest BCUT2D eigenvalue weighted by Gasteiger charge is 2.19. The molecule has 1 atom stereocenters. The van der Waals surface area contributed by atoms with Crippen LogP contribution in [-0.4, -0.2) is 40.6 Å². The van der Waals surface area contributed by atoms with E-state index in [1.165, 1.54) is 30.4 Å². The van der Waals surface area contributed by atoms with Crippen molar-refractivity contribution in [2.75, 3.05) is 13.7 Å². The second kappa shape index (κ2) is 11.8. The number of rotatable bonds is 10. The number of amides is 1. The highest BCUT2D eigenvalue weighted by molar-refractivity contribution is 5.75. The minimum absolute atomic E-state index is 0.0380. The topological polar surface area (TPSA) is 80.5 Å². The third-order valence-corrected chi connectivity index (χ3v) is 6.52. The number of aromatic nitrogens is 2. The molecule has 1 aliphatic rings. The second-order valence-corrected chi connectivity index (χ2v) is 8.95. The summed E-state index contributed by atoms with van der Waals surface area (Å²) in [6.07, 6.45) is 5.50. The van der Waals surface area contributed by atoms with Crippen LogP contribution in [0.5, 0.6) is 5.75 Å². The van der Waals surface area contributed by atoms with E-state index in [4.69, 9.17) is 9.26 Å². The van der Waals surface area contributed by atoms with Gasteiger partial charge in [-0.15, -0.1) is 0 Å². The monoisotopic (exact) mass is 462 g/mol. The lowest BCUT2D eigenvalue weighted by molar-refractivity contribution is -0.121. The van der Waals surface area contributed by atoms with Crippen LogP contribution in [0.1, 0.15) is 56.0 Å². The van der Waals surface area contributed by atoms with Gasteiger partial charge >= 0.3 is 0 Å². The Balaban J connectivity index is 1.23. The molecule has 180 valence electrons. The molecule has 0 unspecified atom stereocenters. The van der Waals surface area contributed by atoms with Crippen molar-refractivity contribution in [3.8, 4) is 17.1 Å². The predicted molar refractivity (Wildman–Crippen MR) is 131 cm³/mol. The van der Waals surface area contributed by atoms with Crippen molar-refractivity contribution in [2.45, 2.75) is 64.6 Å². The summed E-state index contributed by atoms with van der Waals surface area (Å²) in [6, 6.07) is 16.5. The van der Waals surface area contributed by atoms with Crippen LogP contribution in [-0.2, 0) is 24.3 Å². The SMILES string of the molecule is COc1ccc(-c2noc(CCCC(=O)NCc3ccccc3CN3CCCC[C@@H]3C)n2)cc1. The molecule has 7 nitrogen and oxygen atoms in total. The summed E-state index contributed by atoms with van der Waals surface area (Å²) < 4.78 is 10.5. The summed E-state index contributed by atoms with van der Waals surface area (Å²) in [5.74, 6) is 1.90. The van der Waals surface area contributed by atoms with Gasteiger partial charge in [0.2, 0.25) is 17.6 Å². The molecule has 2 aromatic carbocycles. The van der Waals surface area contributed by atoms with E-state index in [1.807, 2.05) is 30.3 Å². The molecule has 1 fully saturated rings. The average Bonchev–Trinajstić information content (AvgIpc) is 3.34. The van der Waals surface area contributed by atoms with Crippen molar-refractivity contribution in [2.24, 2.45) is 0 Å². The normalized spacial score (nSPS) is 16.4. The number of nitrogens with one attached hydrogen (secondary N) is 1. The fourth-order valence-corrected chi connectivity index (χ4v) is 4.39. The van der Waals surface area contributed by atoms with Crippen LogP contribution < -0.4 is 10.1 Å². The Hall–Kier alpha value is -3.19. The number of benzene rings is 2. The standard InChI is InChI=1S/C27H34N4O3/c1-20-8-5-6-17-31(20)19-23-10-4-3-9-22(23)18-28-25(32)11-7-12-26-29-27(30-34-26)21-13-15-24(33-2)16-14-21/h3-4,9-10,13-16,20H,5-8,11-12,17-19H2,1-2H3,(H,28,32)/t20-/m0/s1. The Bertz CT molecular complexity index is 1060. The molecular weight excluding hydrogens is 428 g/mol. The van der Waals surface area contributed by atoms with Gasteiger partial charge in [0, 0.05) is 37.5 Å². The number of carbonyl (C=O) groups is 1. The molecule has 0 saturated carbocycles. The van der Waals surface area contributed by atoms with E-state index in [-0.39, 0.29) is 5.91 Å². The third-order valence-electron chi connectivity index (χ3n) is 6.52. The van der Waals surface area contributed by atoms with E-state index in [0.29, 0.717) is 43.6 Å². The van der Waals surface area contributed by atoms with Crippen molar-refractivity contribution >= 4 is 5.91 Å². The molecule has 0 radical (unpaired) electrons. The number of piperidine rings is 1. The van der Waals surface area contributed by atoms with Gasteiger partial charge in [0.25, 0.3) is 0 Å². The molecule has 1 aromatic heterocycles. The van der Waals surface area contributed by atoms with Crippen molar-refractivity contribution in [3.63, 3.8) is 0 Å².